The lowest BCUT2D eigenvalue weighted by molar-refractivity contribution is 0.261. The van der Waals surface area contributed by atoms with Crippen LogP contribution < -0.4 is 15.8 Å². The van der Waals surface area contributed by atoms with E-state index in [0.717, 1.165) is 30.2 Å². The number of hydrogen-bond donors (Lipinski definition) is 2. The van der Waals surface area contributed by atoms with Crippen LogP contribution >= 0.6 is 24.0 Å². The zero-order chi connectivity index (χ0) is 18.7. The summed E-state index contributed by atoms with van der Waals surface area (Å²) in [6, 6.07) is 8.39. The van der Waals surface area contributed by atoms with Gasteiger partial charge in [0.05, 0.1) is 6.54 Å². The van der Waals surface area contributed by atoms with Crippen molar-refractivity contribution in [1.82, 2.24) is 10.2 Å². The SMILES string of the molecule is CC(C)CCCC(C)NC(N)=NCc1cccc(OCCN(C)C)c1.I. The molecule has 1 rings (SSSR count). The second-order valence-electron chi connectivity index (χ2n) is 7.37. The normalized spacial score (nSPS) is 12.8. The van der Waals surface area contributed by atoms with Gasteiger partial charge in [-0.1, -0.05) is 38.8 Å². The van der Waals surface area contributed by atoms with E-state index in [1.807, 2.05) is 38.4 Å². The fourth-order valence-corrected chi connectivity index (χ4v) is 2.46. The maximum Gasteiger partial charge on any atom is 0.189 e. The molecule has 6 heteroatoms. The highest BCUT2D eigenvalue weighted by molar-refractivity contribution is 14.0. The number of ether oxygens (including phenoxy) is 1. The fraction of sp³-hybridized carbons (Fsp3) is 0.650. The quantitative estimate of drug-likeness (QED) is 0.289. The van der Waals surface area contributed by atoms with Crippen molar-refractivity contribution >= 4 is 29.9 Å². The van der Waals surface area contributed by atoms with Gasteiger partial charge in [0.2, 0.25) is 0 Å². The molecule has 1 atom stereocenters. The van der Waals surface area contributed by atoms with E-state index >= 15 is 0 Å². The number of nitrogens with zero attached hydrogens (tertiary/aromatic N) is 2. The molecule has 0 amide bonds. The highest BCUT2D eigenvalue weighted by atomic mass is 127. The topological polar surface area (TPSA) is 62.9 Å². The standard InChI is InChI=1S/C20H36N4O.HI/c1-16(2)8-6-9-17(3)23-20(21)22-15-18-10-7-11-19(14-18)25-13-12-24(4)5;/h7,10-11,14,16-17H,6,8-9,12-13,15H2,1-5H3,(H3,21,22,23);1H. The minimum atomic E-state index is 0. The summed E-state index contributed by atoms with van der Waals surface area (Å²) in [5.74, 6) is 2.14. The molecule has 0 saturated carbocycles. The summed E-state index contributed by atoms with van der Waals surface area (Å²) in [4.78, 5) is 6.55. The summed E-state index contributed by atoms with van der Waals surface area (Å²) in [7, 11) is 4.07. The molecule has 0 fully saturated rings. The van der Waals surface area contributed by atoms with Crippen molar-refractivity contribution in [2.45, 2.75) is 52.6 Å². The van der Waals surface area contributed by atoms with Crippen LogP contribution in [0.25, 0.3) is 0 Å². The second-order valence-corrected chi connectivity index (χ2v) is 7.37. The van der Waals surface area contributed by atoms with Crippen LogP contribution in [-0.2, 0) is 6.54 Å². The highest BCUT2D eigenvalue weighted by Crippen LogP contribution is 2.14. The maximum atomic E-state index is 6.01. The Morgan fingerprint density at radius 3 is 2.62 bits per heavy atom. The van der Waals surface area contributed by atoms with Crippen molar-refractivity contribution in [2.75, 3.05) is 27.2 Å². The predicted octanol–water partition coefficient (Wildman–Crippen LogP) is 3.86. The number of benzene rings is 1. The van der Waals surface area contributed by atoms with Gasteiger partial charge in [0, 0.05) is 12.6 Å². The lowest BCUT2D eigenvalue weighted by Gasteiger charge is -2.15. The molecule has 1 aromatic carbocycles. The Morgan fingerprint density at radius 2 is 1.96 bits per heavy atom. The van der Waals surface area contributed by atoms with Crippen molar-refractivity contribution in [1.29, 1.82) is 0 Å². The average Bonchev–Trinajstić information content (AvgIpc) is 2.52. The van der Waals surface area contributed by atoms with Gasteiger partial charge in [-0.05, 0) is 51.1 Å². The first-order valence-electron chi connectivity index (χ1n) is 9.29. The van der Waals surface area contributed by atoms with Crippen LogP contribution in [-0.4, -0.2) is 44.1 Å². The zero-order valence-electron chi connectivity index (χ0n) is 17.0. The van der Waals surface area contributed by atoms with Gasteiger partial charge in [-0.3, -0.25) is 0 Å². The number of nitrogens with two attached hydrogens (primary N) is 1. The van der Waals surface area contributed by atoms with E-state index < -0.39 is 0 Å². The van der Waals surface area contributed by atoms with E-state index in [2.05, 4.69) is 36.0 Å². The highest BCUT2D eigenvalue weighted by Gasteiger charge is 2.04. The number of aliphatic imine (C=N–C) groups is 1. The molecule has 0 heterocycles. The molecule has 0 bridgehead atoms. The van der Waals surface area contributed by atoms with E-state index in [-0.39, 0.29) is 24.0 Å². The third-order valence-electron chi connectivity index (χ3n) is 3.95. The Hall–Kier alpha value is -1.02. The van der Waals surface area contributed by atoms with Crippen molar-refractivity contribution in [3.8, 4) is 5.75 Å². The van der Waals surface area contributed by atoms with Gasteiger partial charge in [0.25, 0.3) is 0 Å². The molecule has 1 unspecified atom stereocenters. The van der Waals surface area contributed by atoms with E-state index in [9.17, 15) is 0 Å². The Kier molecular flexibility index (Phi) is 13.5. The van der Waals surface area contributed by atoms with E-state index in [1.165, 1.54) is 12.8 Å². The minimum absolute atomic E-state index is 0. The van der Waals surface area contributed by atoms with Gasteiger partial charge in [-0.2, -0.15) is 0 Å². The van der Waals surface area contributed by atoms with Gasteiger partial charge >= 0.3 is 0 Å². The third-order valence-corrected chi connectivity index (χ3v) is 3.95. The summed E-state index contributed by atoms with van der Waals surface area (Å²) in [5, 5.41) is 3.28. The van der Waals surface area contributed by atoms with Crippen LogP contribution in [0, 0.1) is 5.92 Å². The first-order chi connectivity index (χ1) is 11.9. The molecule has 0 aliphatic carbocycles. The molecular weight excluding hydrogens is 439 g/mol. The first-order valence-corrected chi connectivity index (χ1v) is 9.29. The Bertz CT molecular complexity index is 520. The Balaban J connectivity index is 0.00000625. The molecule has 26 heavy (non-hydrogen) atoms. The molecule has 1 aromatic rings. The maximum absolute atomic E-state index is 6.01. The molecule has 0 radical (unpaired) electrons. The van der Waals surface area contributed by atoms with Crippen molar-refractivity contribution in [2.24, 2.45) is 16.6 Å². The number of guanidine groups is 1. The molecule has 150 valence electrons. The van der Waals surface area contributed by atoms with E-state index in [4.69, 9.17) is 10.5 Å². The minimum Gasteiger partial charge on any atom is -0.492 e. The van der Waals surface area contributed by atoms with Crippen LogP contribution in [0.1, 0.15) is 45.6 Å². The summed E-state index contributed by atoms with van der Waals surface area (Å²) in [5.41, 5.74) is 7.10. The number of rotatable bonds is 11. The summed E-state index contributed by atoms with van der Waals surface area (Å²) in [6.07, 6.45) is 3.58. The molecule has 0 aromatic heterocycles. The fourth-order valence-electron chi connectivity index (χ4n) is 2.46. The molecule has 0 saturated heterocycles. The number of hydrogen-bond acceptors (Lipinski definition) is 3. The van der Waals surface area contributed by atoms with E-state index in [1.54, 1.807) is 0 Å². The molecule has 0 spiro atoms. The van der Waals surface area contributed by atoms with Gasteiger partial charge < -0.3 is 20.7 Å². The van der Waals surface area contributed by atoms with Crippen LogP contribution in [0.4, 0.5) is 0 Å². The monoisotopic (exact) mass is 476 g/mol. The largest absolute Gasteiger partial charge is 0.492 e. The Morgan fingerprint density at radius 1 is 1.23 bits per heavy atom. The molecule has 0 aliphatic heterocycles. The van der Waals surface area contributed by atoms with Crippen LogP contribution in [0.3, 0.4) is 0 Å². The first kappa shape index (κ1) is 25.0. The van der Waals surface area contributed by atoms with Crippen molar-refractivity contribution in [3.05, 3.63) is 29.8 Å². The van der Waals surface area contributed by atoms with Crippen LogP contribution in [0.5, 0.6) is 5.75 Å². The lowest BCUT2D eigenvalue weighted by atomic mass is 10.0. The molecule has 5 nitrogen and oxygen atoms in total. The van der Waals surface area contributed by atoms with Gasteiger partial charge in [-0.25, -0.2) is 4.99 Å². The third kappa shape index (κ3) is 12.4. The number of likely N-dealkylation sites (N-methyl/N-ethyl adjacent to an activating group) is 1. The number of halogens is 1. The van der Waals surface area contributed by atoms with Gasteiger partial charge in [0.15, 0.2) is 5.96 Å². The van der Waals surface area contributed by atoms with Crippen LogP contribution in [0.15, 0.2) is 29.3 Å². The summed E-state index contributed by atoms with van der Waals surface area (Å²) in [6.45, 7) is 8.80. The van der Waals surface area contributed by atoms with Gasteiger partial charge in [0.1, 0.15) is 12.4 Å². The number of nitrogens with one attached hydrogen (secondary N) is 1. The lowest BCUT2D eigenvalue weighted by Crippen LogP contribution is -2.38. The zero-order valence-corrected chi connectivity index (χ0v) is 19.3. The predicted molar refractivity (Wildman–Crippen MR) is 123 cm³/mol. The molecule has 3 N–H and O–H groups in total. The van der Waals surface area contributed by atoms with Crippen LogP contribution in [0.2, 0.25) is 0 Å². The second kappa shape index (κ2) is 14.1. The summed E-state index contributed by atoms with van der Waals surface area (Å²) >= 11 is 0. The van der Waals surface area contributed by atoms with E-state index in [0.29, 0.717) is 25.2 Å². The van der Waals surface area contributed by atoms with Crippen molar-refractivity contribution < 1.29 is 4.74 Å². The van der Waals surface area contributed by atoms with Gasteiger partial charge in [-0.15, -0.1) is 24.0 Å². The summed E-state index contributed by atoms with van der Waals surface area (Å²) < 4.78 is 5.76. The average molecular weight is 476 g/mol. The van der Waals surface area contributed by atoms with Crippen molar-refractivity contribution in [3.63, 3.8) is 0 Å². The molecular formula is C20H37IN4O. The smallest absolute Gasteiger partial charge is 0.189 e. The Labute approximate surface area is 176 Å². The molecule has 0 aliphatic rings.